The molecule has 0 aromatic heterocycles. The van der Waals surface area contributed by atoms with Crippen LogP contribution >= 0.6 is 28.1 Å². The van der Waals surface area contributed by atoms with Crippen LogP contribution in [-0.4, -0.2) is 24.5 Å². The molecular formula is C18H21BrN2O4S. The topological polar surface area (TPSA) is 68.8 Å². The maximum atomic E-state index is 12.8. The molecule has 1 atom stereocenters. The first kappa shape index (κ1) is 19.0. The van der Waals surface area contributed by atoms with Crippen LogP contribution in [0.5, 0.6) is 11.5 Å². The zero-order chi connectivity index (χ0) is 19.1. The van der Waals surface area contributed by atoms with Gasteiger partial charge in [0.15, 0.2) is 16.6 Å². The highest BCUT2D eigenvalue weighted by molar-refractivity contribution is 9.10. The highest BCUT2D eigenvalue weighted by atomic mass is 79.9. The van der Waals surface area contributed by atoms with Gasteiger partial charge >= 0.3 is 5.97 Å². The number of nitrogens with one attached hydrogen (secondary N) is 2. The molecule has 6 nitrogen and oxygen atoms in total. The van der Waals surface area contributed by atoms with E-state index in [1.54, 1.807) is 6.92 Å². The van der Waals surface area contributed by atoms with E-state index < -0.39 is 6.04 Å². The summed E-state index contributed by atoms with van der Waals surface area (Å²) < 4.78 is 17.0. The van der Waals surface area contributed by atoms with E-state index in [2.05, 4.69) is 26.6 Å². The third-order valence-electron chi connectivity index (χ3n) is 4.12. The standard InChI is InChI=1S/C18H21BrN2O4S/c1-5-23-16(22)13-14(20-17(26)21-15(13)18(2,3)4)9-6-11-12(7-10(9)19)25-8-24-11/h6-7,14H,5,8H2,1-4H3,(H2,20,21,26). The number of hydrogen-bond acceptors (Lipinski definition) is 5. The van der Waals surface area contributed by atoms with Gasteiger partial charge in [0.25, 0.3) is 0 Å². The molecular weight excluding hydrogens is 420 g/mol. The van der Waals surface area contributed by atoms with Gasteiger partial charge in [-0.05, 0) is 36.8 Å². The molecule has 1 aromatic carbocycles. The van der Waals surface area contributed by atoms with Gasteiger partial charge in [-0.25, -0.2) is 4.79 Å². The summed E-state index contributed by atoms with van der Waals surface area (Å²) in [6.07, 6.45) is 0. The Bertz CT molecular complexity index is 801. The van der Waals surface area contributed by atoms with Crippen molar-refractivity contribution in [1.82, 2.24) is 10.6 Å². The molecule has 0 spiro atoms. The number of fused-ring (bicyclic) bond motifs is 1. The Morgan fingerprint density at radius 2 is 2.00 bits per heavy atom. The number of allylic oxidation sites excluding steroid dienone is 1. The number of hydrogen-bond donors (Lipinski definition) is 2. The molecule has 2 heterocycles. The molecule has 140 valence electrons. The van der Waals surface area contributed by atoms with Crippen LogP contribution < -0.4 is 20.1 Å². The summed E-state index contributed by atoms with van der Waals surface area (Å²) in [7, 11) is 0. The Morgan fingerprint density at radius 3 is 2.62 bits per heavy atom. The third-order valence-corrected chi connectivity index (χ3v) is 5.03. The van der Waals surface area contributed by atoms with E-state index in [9.17, 15) is 4.79 Å². The molecule has 0 radical (unpaired) electrons. The molecule has 3 rings (SSSR count). The van der Waals surface area contributed by atoms with Gasteiger partial charge in [-0.2, -0.15) is 0 Å². The second kappa shape index (κ2) is 7.08. The van der Waals surface area contributed by atoms with E-state index in [-0.39, 0.29) is 18.2 Å². The molecule has 0 aliphatic carbocycles. The van der Waals surface area contributed by atoms with Gasteiger partial charge < -0.3 is 24.8 Å². The van der Waals surface area contributed by atoms with Crippen molar-refractivity contribution in [3.05, 3.63) is 33.4 Å². The van der Waals surface area contributed by atoms with Gasteiger partial charge in [0.05, 0.1) is 18.2 Å². The molecule has 1 unspecified atom stereocenters. The molecule has 2 aliphatic rings. The zero-order valence-corrected chi connectivity index (χ0v) is 17.5. The second-order valence-corrected chi connectivity index (χ2v) is 8.28. The van der Waals surface area contributed by atoms with Gasteiger partial charge in [0, 0.05) is 15.6 Å². The number of carbonyl (C=O) groups is 1. The summed E-state index contributed by atoms with van der Waals surface area (Å²) in [5, 5.41) is 6.79. The molecule has 0 saturated carbocycles. The van der Waals surface area contributed by atoms with Crippen LogP contribution in [0.1, 0.15) is 39.3 Å². The quantitative estimate of drug-likeness (QED) is 0.549. The van der Waals surface area contributed by atoms with Gasteiger partial charge in [0.2, 0.25) is 6.79 Å². The maximum Gasteiger partial charge on any atom is 0.338 e. The van der Waals surface area contributed by atoms with Crippen LogP contribution in [0.15, 0.2) is 27.9 Å². The van der Waals surface area contributed by atoms with Crippen molar-refractivity contribution in [2.75, 3.05) is 13.4 Å². The molecule has 2 aliphatic heterocycles. The van der Waals surface area contributed by atoms with Gasteiger partial charge in [0.1, 0.15) is 0 Å². The lowest BCUT2D eigenvalue weighted by atomic mass is 9.83. The van der Waals surface area contributed by atoms with Crippen molar-refractivity contribution in [3.8, 4) is 11.5 Å². The molecule has 0 bridgehead atoms. The largest absolute Gasteiger partial charge is 0.463 e. The number of carbonyl (C=O) groups excluding carboxylic acids is 1. The average molecular weight is 441 g/mol. The number of rotatable bonds is 3. The predicted octanol–water partition coefficient (Wildman–Crippen LogP) is 3.56. The highest BCUT2D eigenvalue weighted by Gasteiger charge is 2.38. The van der Waals surface area contributed by atoms with Crippen LogP contribution in [0.3, 0.4) is 0 Å². The lowest BCUT2D eigenvalue weighted by Gasteiger charge is -2.36. The number of esters is 1. The molecule has 0 saturated heterocycles. The summed E-state index contributed by atoms with van der Waals surface area (Å²) in [5.41, 5.74) is 1.75. The van der Waals surface area contributed by atoms with E-state index in [0.717, 1.165) is 15.7 Å². The first-order chi connectivity index (χ1) is 12.2. The molecule has 8 heteroatoms. The summed E-state index contributed by atoms with van der Waals surface area (Å²) in [4.78, 5) is 12.8. The third kappa shape index (κ3) is 3.53. The van der Waals surface area contributed by atoms with Crippen molar-refractivity contribution in [2.45, 2.75) is 33.7 Å². The smallest absolute Gasteiger partial charge is 0.338 e. The summed E-state index contributed by atoms with van der Waals surface area (Å²) in [6, 6.07) is 3.22. The predicted molar refractivity (Wildman–Crippen MR) is 105 cm³/mol. The Balaban J connectivity index is 2.17. The van der Waals surface area contributed by atoms with Crippen molar-refractivity contribution >= 4 is 39.2 Å². The monoisotopic (exact) mass is 440 g/mol. The summed E-state index contributed by atoms with van der Waals surface area (Å²) >= 11 is 8.97. The van der Waals surface area contributed by atoms with Crippen LogP contribution in [-0.2, 0) is 9.53 Å². The molecule has 26 heavy (non-hydrogen) atoms. The minimum atomic E-state index is -0.471. The zero-order valence-electron chi connectivity index (χ0n) is 15.1. The normalized spacial score (nSPS) is 19.1. The Labute approximate surface area is 166 Å². The number of thiocarbonyl (C=S) groups is 1. The minimum Gasteiger partial charge on any atom is -0.463 e. The molecule has 2 N–H and O–H groups in total. The van der Waals surface area contributed by atoms with Crippen molar-refractivity contribution in [3.63, 3.8) is 0 Å². The first-order valence-electron chi connectivity index (χ1n) is 8.30. The molecule has 1 aromatic rings. The summed E-state index contributed by atoms with van der Waals surface area (Å²) in [5.74, 6) is 0.916. The number of halogens is 1. The Hall–Kier alpha value is -1.80. The fourth-order valence-corrected chi connectivity index (χ4v) is 3.74. The van der Waals surface area contributed by atoms with Crippen molar-refractivity contribution in [2.24, 2.45) is 5.41 Å². The van der Waals surface area contributed by atoms with Crippen molar-refractivity contribution < 1.29 is 19.0 Å². The summed E-state index contributed by atoms with van der Waals surface area (Å²) in [6.45, 7) is 8.32. The van der Waals surface area contributed by atoms with E-state index >= 15 is 0 Å². The van der Waals surface area contributed by atoms with Gasteiger partial charge in [-0.1, -0.05) is 36.7 Å². The van der Waals surface area contributed by atoms with Gasteiger partial charge in [-0.15, -0.1) is 0 Å². The number of ether oxygens (including phenoxy) is 3. The second-order valence-electron chi connectivity index (χ2n) is 7.02. The van der Waals surface area contributed by atoms with Crippen LogP contribution in [0, 0.1) is 5.41 Å². The van der Waals surface area contributed by atoms with Gasteiger partial charge in [-0.3, -0.25) is 0 Å². The highest BCUT2D eigenvalue weighted by Crippen LogP contribution is 2.43. The maximum absolute atomic E-state index is 12.8. The van der Waals surface area contributed by atoms with E-state index in [4.69, 9.17) is 26.4 Å². The van der Waals surface area contributed by atoms with E-state index in [0.29, 0.717) is 28.8 Å². The van der Waals surface area contributed by atoms with E-state index in [1.165, 1.54) is 0 Å². The van der Waals surface area contributed by atoms with Crippen molar-refractivity contribution in [1.29, 1.82) is 0 Å². The first-order valence-corrected chi connectivity index (χ1v) is 9.50. The minimum absolute atomic E-state index is 0.178. The lowest BCUT2D eigenvalue weighted by molar-refractivity contribution is -0.139. The average Bonchev–Trinajstić information content (AvgIpc) is 2.99. The van der Waals surface area contributed by atoms with Crippen LogP contribution in [0.4, 0.5) is 0 Å². The Kier molecular flexibility index (Phi) is 5.16. The van der Waals surface area contributed by atoms with Crippen LogP contribution in [0.2, 0.25) is 0 Å². The Morgan fingerprint density at radius 1 is 1.35 bits per heavy atom. The fraction of sp³-hybridized carbons (Fsp3) is 0.444. The SMILES string of the molecule is CCOC(=O)C1=C(C(C)(C)C)NC(=S)NC1c1cc2c(cc1Br)OCO2. The van der Waals surface area contributed by atoms with Crippen LogP contribution in [0.25, 0.3) is 0 Å². The fourth-order valence-electron chi connectivity index (χ4n) is 2.97. The lowest BCUT2D eigenvalue weighted by Crippen LogP contribution is -2.48. The number of benzene rings is 1. The molecule has 0 amide bonds. The molecule has 0 fully saturated rings. The van der Waals surface area contributed by atoms with E-state index in [1.807, 2.05) is 32.9 Å².